The second-order valence-corrected chi connectivity index (χ2v) is 5.48. The summed E-state index contributed by atoms with van der Waals surface area (Å²) in [7, 11) is 1.62. The van der Waals surface area contributed by atoms with Crippen molar-refractivity contribution in [3.63, 3.8) is 0 Å². The van der Waals surface area contributed by atoms with Crippen molar-refractivity contribution in [2.45, 2.75) is 19.5 Å². The molecular formula is C17H18F2N2OS. The Morgan fingerprint density at radius 2 is 1.83 bits per heavy atom. The van der Waals surface area contributed by atoms with E-state index in [0.29, 0.717) is 17.2 Å². The van der Waals surface area contributed by atoms with E-state index in [1.54, 1.807) is 7.11 Å². The first-order chi connectivity index (χ1) is 11.0. The molecule has 0 aliphatic carbocycles. The maximum Gasteiger partial charge on any atom is 0.167 e. The number of hydrogen-bond acceptors (Lipinski definition) is 2. The standard InChI is InChI=1S/C17H18F2N2OS/c1-11(13-5-8-15(18)16(19)9-13)21-17(23)20-10-12-3-6-14(22-2)7-4-12/h3-9,11H,10H2,1-2H3,(H2,20,21,23)/t11-/m1/s1. The van der Waals surface area contributed by atoms with Crippen LogP contribution in [0.25, 0.3) is 0 Å². The van der Waals surface area contributed by atoms with E-state index in [9.17, 15) is 8.78 Å². The number of rotatable bonds is 5. The van der Waals surface area contributed by atoms with Gasteiger partial charge in [-0.1, -0.05) is 18.2 Å². The molecule has 0 aliphatic heterocycles. The van der Waals surface area contributed by atoms with Gasteiger partial charge < -0.3 is 15.4 Å². The van der Waals surface area contributed by atoms with Gasteiger partial charge in [0.05, 0.1) is 13.2 Å². The number of halogens is 2. The van der Waals surface area contributed by atoms with E-state index in [0.717, 1.165) is 17.4 Å². The molecule has 6 heteroatoms. The van der Waals surface area contributed by atoms with E-state index >= 15 is 0 Å². The first-order valence-corrected chi connectivity index (χ1v) is 7.52. The van der Waals surface area contributed by atoms with Crippen LogP contribution in [0, 0.1) is 11.6 Å². The summed E-state index contributed by atoms with van der Waals surface area (Å²) in [6.45, 7) is 2.38. The summed E-state index contributed by atoms with van der Waals surface area (Å²) in [6.07, 6.45) is 0. The molecule has 2 N–H and O–H groups in total. The number of methoxy groups -OCH3 is 1. The molecule has 0 saturated heterocycles. The minimum absolute atomic E-state index is 0.235. The maximum atomic E-state index is 13.2. The van der Waals surface area contributed by atoms with Gasteiger partial charge in [0.25, 0.3) is 0 Å². The maximum absolute atomic E-state index is 13.2. The highest BCUT2D eigenvalue weighted by Gasteiger charge is 2.10. The largest absolute Gasteiger partial charge is 0.497 e. The average Bonchev–Trinajstić information content (AvgIpc) is 2.55. The van der Waals surface area contributed by atoms with Gasteiger partial charge in [-0.05, 0) is 54.5 Å². The van der Waals surface area contributed by atoms with Crippen LogP contribution in [-0.4, -0.2) is 12.2 Å². The number of ether oxygens (including phenoxy) is 1. The topological polar surface area (TPSA) is 33.3 Å². The summed E-state index contributed by atoms with van der Waals surface area (Å²) in [5, 5.41) is 6.56. The van der Waals surface area contributed by atoms with E-state index in [2.05, 4.69) is 10.6 Å². The van der Waals surface area contributed by atoms with Gasteiger partial charge in [-0.3, -0.25) is 0 Å². The molecule has 0 spiro atoms. The van der Waals surface area contributed by atoms with E-state index in [1.165, 1.54) is 12.1 Å². The average molecular weight is 336 g/mol. The van der Waals surface area contributed by atoms with Crippen molar-refractivity contribution >= 4 is 17.3 Å². The normalized spacial score (nSPS) is 11.7. The minimum Gasteiger partial charge on any atom is -0.497 e. The van der Waals surface area contributed by atoms with Gasteiger partial charge in [0.2, 0.25) is 0 Å². The van der Waals surface area contributed by atoms with E-state index in [4.69, 9.17) is 17.0 Å². The van der Waals surface area contributed by atoms with Crippen molar-refractivity contribution < 1.29 is 13.5 Å². The van der Waals surface area contributed by atoms with Gasteiger partial charge in [-0.2, -0.15) is 0 Å². The molecule has 2 aromatic rings. The number of benzene rings is 2. The minimum atomic E-state index is -0.867. The lowest BCUT2D eigenvalue weighted by Crippen LogP contribution is -2.36. The fraction of sp³-hybridized carbons (Fsp3) is 0.235. The number of thiocarbonyl (C=S) groups is 1. The quantitative estimate of drug-likeness (QED) is 0.816. The van der Waals surface area contributed by atoms with Crippen LogP contribution in [-0.2, 0) is 6.54 Å². The Hall–Kier alpha value is -2.21. The lowest BCUT2D eigenvalue weighted by atomic mass is 10.1. The highest BCUT2D eigenvalue weighted by Crippen LogP contribution is 2.16. The molecule has 2 aromatic carbocycles. The molecule has 2 rings (SSSR count). The highest BCUT2D eigenvalue weighted by molar-refractivity contribution is 7.80. The Bertz CT molecular complexity index is 677. The fourth-order valence-corrected chi connectivity index (χ4v) is 2.29. The van der Waals surface area contributed by atoms with Crippen LogP contribution in [0.2, 0.25) is 0 Å². The van der Waals surface area contributed by atoms with E-state index < -0.39 is 11.6 Å². The SMILES string of the molecule is COc1ccc(CNC(=S)N[C@H](C)c2ccc(F)c(F)c2)cc1. The highest BCUT2D eigenvalue weighted by atomic mass is 32.1. The van der Waals surface area contributed by atoms with Crippen molar-refractivity contribution in [1.82, 2.24) is 10.6 Å². The third kappa shape index (κ3) is 4.89. The molecule has 1 atom stereocenters. The predicted octanol–water partition coefficient (Wildman–Crippen LogP) is 3.70. The van der Waals surface area contributed by atoms with E-state index in [1.807, 2.05) is 31.2 Å². The van der Waals surface area contributed by atoms with Crippen LogP contribution < -0.4 is 15.4 Å². The third-order valence-electron chi connectivity index (χ3n) is 3.40. The van der Waals surface area contributed by atoms with Crippen LogP contribution in [0.3, 0.4) is 0 Å². The summed E-state index contributed by atoms with van der Waals surface area (Å²) < 4.78 is 31.3. The second-order valence-electron chi connectivity index (χ2n) is 5.07. The number of hydrogen-bond donors (Lipinski definition) is 2. The first kappa shape index (κ1) is 17.1. The Morgan fingerprint density at radius 3 is 2.43 bits per heavy atom. The fourth-order valence-electron chi connectivity index (χ4n) is 2.04. The first-order valence-electron chi connectivity index (χ1n) is 7.12. The molecule has 0 bridgehead atoms. The van der Waals surface area contributed by atoms with Crippen molar-refractivity contribution in [2.75, 3.05) is 7.11 Å². The summed E-state index contributed by atoms with van der Waals surface area (Å²) in [5.41, 5.74) is 1.67. The molecule has 122 valence electrons. The van der Waals surface area contributed by atoms with Gasteiger partial charge in [0.15, 0.2) is 16.7 Å². The Morgan fingerprint density at radius 1 is 1.13 bits per heavy atom. The van der Waals surface area contributed by atoms with Gasteiger partial charge >= 0.3 is 0 Å². The zero-order chi connectivity index (χ0) is 16.8. The lowest BCUT2D eigenvalue weighted by Gasteiger charge is -2.17. The lowest BCUT2D eigenvalue weighted by molar-refractivity contribution is 0.414. The Kier molecular flexibility index (Phi) is 5.87. The number of nitrogens with one attached hydrogen (secondary N) is 2. The third-order valence-corrected chi connectivity index (χ3v) is 3.67. The van der Waals surface area contributed by atoms with Gasteiger partial charge in [-0.25, -0.2) is 8.78 Å². The van der Waals surface area contributed by atoms with Crippen molar-refractivity contribution in [1.29, 1.82) is 0 Å². The van der Waals surface area contributed by atoms with E-state index in [-0.39, 0.29) is 6.04 Å². The predicted molar refractivity (Wildman–Crippen MR) is 90.3 cm³/mol. The van der Waals surface area contributed by atoms with Gasteiger partial charge in [0, 0.05) is 6.54 Å². The zero-order valence-electron chi connectivity index (χ0n) is 12.9. The molecule has 0 amide bonds. The van der Waals surface area contributed by atoms with Crippen LogP contribution in [0.5, 0.6) is 5.75 Å². The Labute approximate surface area is 139 Å². The van der Waals surface area contributed by atoms with Crippen LogP contribution in [0.15, 0.2) is 42.5 Å². The van der Waals surface area contributed by atoms with Crippen LogP contribution in [0.1, 0.15) is 24.1 Å². The van der Waals surface area contributed by atoms with Crippen molar-refractivity contribution in [3.8, 4) is 5.75 Å². The van der Waals surface area contributed by atoms with Crippen molar-refractivity contribution in [2.24, 2.45) is 0 Å². The molecule has 0 aliphatic rings. The molecule has 3 nitrogen and oxygen atoms in total. The Balaban J connectivity index is 1.86. The van der Waals surface area contributed by atoms with Gasteiger partial charge in [-0.15, -0.1) is 0 Å². The second kappa shape index (κ2) is 7.87. The summed E-state index contributed by atoms with van der Waals surface area (Å²) >= 11 is 5.22. The molecule has 0 radical (unpaired) electrons. The monoisotopic (exact) mass is 336 g/mol. The molecule has 0 unspecified atom stereocenters. The zero-order valence-corrected chi connectivity index (χ0v) is 13.7. The van der Waals surface area contributed by atoms with Gasteiger partial charge in [0.1, 0.15) is 5.75 Å². The summed E-state index contributed by atoms with van der Waals surface area (Å²) in [4.78, 5) is 0. The van der Waals surface area contributed by atoms with Crippen LogP contribution >= 0.6 is 12.2 Å². The molecule has 0 heterocycles. The molecule has 0 fully saturated rings. The smallest absolute Gasteiger partial charge is 0.167 e. The van der Waals surface area contributed by atoms with Crippen LogP contribution in [0.4, 0.5) is 8.78 Å². The molecule has 23 heavy (non-hydrogen) atoms. The molecule has 0 aromatic heterocycles. The summed E-state index contributed by atoms with van der Waals surface area (Å²) in [6, 6.07) is 11.2. The van der Waals surface area contributed by atoms with Crippen molar-refractivity contribution in [3.05, 3.63) is 65.2 Å². The summed E-state index contributed by atoms with van der Waals surface area (Å²) in [5.74, 6) is -0.934. The molecule has 0 saturated carbocycles. The molecular weight excluding hydrogens is 318 g/mol.